The van der Waals surface area contributed by atoms with E-state index >= 15 is 0 Å². The monoisotopic (exact) mass is 254 g/mol. The van der Waals surface area contributed by atoms with Gasteiger partial charge in [0.05, 0.1) is 17.3 Å². The number of carbonyl (C=O) groups excluding carboxylic acids is 2. The van der Waals surface area contributed by atoms with E-state index in [1.165, 1.54) is 0 Å². The molecule has 1 aliphatic heterocycles. The van der Waals surface area contributed by atoms with Crippen molar-refractivity contribution in [1.29, 1.82) is 0 Å². The molecule has 18 heavy (non-hydrogen) atoms. The Balaban J connectivity index is 2.63. The number of hydrogen-bond acceptors (Lipinski definition) is 5. The Hall–Kier alpha value is -1.24. The van der Waals surface area contributed by atoms with E-state index in [-0.39, 0.29) is 5.91 Å². The summed E-state index contributed by atoms with van der Waals surface area (Å²) in [6.45, 7) is 3.92. The van der Waals surface area contributed by atoms with Gasteiger partial charge in [-0.25, -0.2) is 0 Å². The first-order valence-corrected chi connectivity index (χ1v) is 6.08. The van der Waals surface area contributed by atoms with Gasteiger partial charge in [0.1, 0.15) is 6.10 Å². The van der Waals surface area contributed by atoms with Gasteiger partial charge in [0, 0.05) is 0 Å². The third-order valence-electron chi connectivity index (χ3n) is 2.96. The Bertz CT molecular complexity index is 354. The topological polar surface area (TPSA) is 98.6 Å². The Morgan fingerprint density at radius 1 is 1.56 bits per heavy atom. The summed E-state index contributed by atoms with van der Waals surface area (Å²) in [7, 11) is 0. The molecule has 0 spiro atoms. The number of nitrogens with zero attached hydrogens (tertiary/aromatic N) is 1. The number of nitrogens with two attached hydrogens (primary N) is 2. The minimum absolute atomic E-state index is 0.332. The normalized spacial score (nSPS) is 21.3. The molecule has 0 bridgehead atoms. The van der Waals surface area contributed by atoms with Gasteiger partial charge in [-0.1, -0.05) is 6.42 Å². The molecule has 1 amide bonds. The van der Waals surface area contributed by atoms with Crippen LogP contribution in [0.1, 0.15) is 33.1 Å². The molecule has 0 aromatic heterocycles. The van der Waals surface area contributed by atoms with Crippen LogP contribution in [0.3, 0.4) is 0 Å². The van der Waals surface area contributed by atoms with Gasteiger partial charge < -0.3 is 11.5 Å². The lowest BCUT2D eigenvalue weighted by atomic mass is 10.1. The predicted octanol–water partition coefficient (Wildman–Crippen LogP) is -0.0113. The second-order valence-electron chi connectivity index (χ2n) is 4.37. The number of allylic oxidation sites excluding steroid dienone is 1. The van der Waals surface area contributed by atoms with E-state index in [9.17, 15) is 9.59 Å². The maximum atomic E-state index is 12.0. The second-order valence-corrected chi connectivity index (χ2v) is 4.37. The second kappa shape index (κ2) is 6.63. The van der Waals surface area contributed by atoms with Crippen molar-refractivity contribution in [2.45, 2.75) is 45.3 Å². The number of carbonyl (C=O) groups is 1. The van der Waals surface area contributed by atoms with E-state index in [4.69, 9.17) is 16.3 Å². The van der Waals surface area contributed by atoms with Crippen molar-refractivity contribution in [2.75, 3.05) is 6.54 Å². The molecule has 0 aliphatic carbocycles. The minimum atomic E-state index is -0.635. The molecule has 4 N–H and O–H groups in total. The fourth-order valence-electron chi connectivity index (χ4n) is 1.85. The van der Waals surface area contributed by atoms with Crippen LogP contribution in [0.4, 0.5) is 0 Å². The van der Waals surface area contributed by atoms with E-state index in [0.717, 1.165) is 17.9 Å². The minimum Gasteiger partial charge on any atom is -0.330 e. The molecule has 6 nitrogen and oxygen atoms in total. The maximum Gasteiger partial charge on any atom is 0.267 e. The van der Waals surface area contributed by atoms with Crippen LogP contribution in [0.5, 0.6) is 0 Å². The molecule has 1 heterocycles. The van der Waals surface area contributed by atoms with Gasteiger partial charge in [0.2, 0.25) is 6.29 Å². The third-order valence-corrected chi connectivity index (χ3v) is 2.96. The lowest BCUT2D eigenvalue weighted by molar-refractivity contribution is -0.176. The molecule has 0 fully saturated rings. The molecule has 101 valence electrons. The zero-order valence-electron chi connectivity index (χ0n) is 10.8. The molecular formula is C12H20N3O3. The highest BCUT2D eigenvalue weighted by Crippen LogP contribution is 2.25. The fraction of sp³-hybridized carbons (Fsp3) is 0.667. The van der Waals surface area contributed by atoms with Gasteiger partial charge in [0.25, 0.3) is 5.91 Å². The molecule has 1 radical (unpaired) electrons. The average Bonchev–Trinajstić information content (AvgIpc) is 2.63. The lowest BCUT2D eigenvalue weighted by Gasteiger charge is -2.21. The van der Waals surface area contributed by atoms with E-state index in [2.05, 4.69) is 0 Å². The van der Waals surface area contributed by atoms with Crippen molar-refractivity contribution < 1.29 is 14.4 Å². The zero-order valence-corrected chi connectivity index (χ0v) is 10.8. The summed E-state index contributed by atoms with van der Waals surface area (Å²) in [5.41, 5.74) is 12.0. The number of amides is 1. The summed E-state index contributed by atoms with van der Waals surface area (Å²) in [6.07, 6.45) is 3.52. The first-order chi connectivity index (χ1) is 8.52. The van der Waals surface area contributed by atoms with Crippen LogP contribution in [0.2, 0.25) is 0 Å². The molecular weight excluding hydrogens is 234 g/mol. The van der Waals surface area contributed by atoms with Gasteiger partial charge in [-0.15, -0.1) is 0 Å². The number of unbranched alkanes of at least 4 members (excludes halogenated alkanes) is 1. The molecule has 0 aromatic carbocycles. The summed E-state index contributed by atoms with van der Waals surface area (Å²) in [4.78, 5) is 28.1. The van der Waals surface area contributed by atoms with Crippen molar-refractivity contribution >= 4 is 12.2 Å². The summed E-state index contributed by atoms with van der Waals surface area (Å²) >= 11 is 0. The standard InChI is InChI=1S/C12H20N3O3/c1-8-10(7-16)9(2)18-15(8)12(17)11(14)5-3-4-6-13/h9,11H,3-6,13-14H2,1-2H3/t9?,11-/m1/s1. The predicted molar refractivity (Wildman–Crippen MR) is 66.7 cm³/mol. The first kappa shape index (κ1) is 14.8. The number of hydrogen-bond donors (Lipinski definition) is 2. The fourth-order valence-corrected chi connectivity index (χ4v) is 1.85. The SMILES string of the molecule is CC1=C([C]=O)C(C)ON1C(=O)[C@H](N)CCCCN. The quantitative estimate of drug-likeness (QED) is 0.649. The van der Waals surface area contributed by atoms with Crippen LogP contribution in [0.15, 0.2) is 11.3 Å². The van der Waals surface area contributed by atoms with Gasteiger partial charge >= 0.3 is 0 Å². The molecule has 1 rings (SSSR count). The molecule has 0 saturated heterocycles. The summed E-state index contributed by atoms with van der Waals surface area (Å²) < 4.78 is 0. The van der Waals surface area contributed by atoms with Gasteiger partial charge in [0.15, 0.2) is 0 Å². The van der Waals surface area contributed by atoms with Gasteiger partial charge in [-0.2, -0.15) is 5.06 Å². The molecule has 6 heteroatoms. The number of hydroxylamine groups is 2. The largest absolute Gasteiger partial charge is 0.330 e. The van der Waals surface area contributed by atoms with Crippen molar-refractivity contribution in [1.82, 2.24) is 5.06 Å². The van der Waals surface area contributed by atoms with Crippen molar-refractivity contribution in [3.05, 3.63) is 11.3 Å². The van der Waals surface area contributed by atoms with E-state index in [0.29, 0.717) is 24.2 Å². The Kier molecular flexibility index (Phi) is 5.46. The highest BCUT2D eigenvalue weighted by Gasteiger charge is 2.34. The first-order valence-electron chi connectivity index (χ1n) is 6.08. The Morgan fingerprint density at radius 3 is 2.72 bits per heavy atom. The van der Waals surface area contributed by atoms with E-state index in [1.807, 2.05) is 0 Å². The van der Waals surface area contributed by atoms with Crippen LogP contribution in [-0.4, -0.2) is 35.9 Å². The number of rotatable bonds is 6. The van der Waals surface area contributed by atoms with Crippen LogP contribution in [0, 0.1) is 0 Å². The highest BCUT2D eigenvalue weighted by atomic mass is 16.7. The van der Waals surface area contributed by atoms with E-state index < -0.39 is 12.1 Å². The molecule has 2 atom stereocenters. The summed E-state index contributed by atoms with van der Waals surface area (Å²) in [5.74, 6) is -0.332. The molecule has 1 unspecified atom stereocenters. The van der Waals surface area contributed by atoms with Crippen molar-refractivity contribution in [3.8, 4) is 0 Å². The molecule has 0 saturated carbocycles. The highest BCUT2D eigenvalue weighted by molar-refractivity contribution is 5.85. The average molecular weight is 254 g/mol. The molecule has 0 aromatic rings. The van der Waals surface area contributed by atoms with Gasteiger partial charge in [-0.3, -0.25) is 14.4 Å². The maximum absolute atomic E-state index is 12.0. The van der Waals surface area contributed by atoms with Crippen molar-refractivity contribution in [2.24, 2.45) is 11.5 Å². The van der Waals surface area contributed by atoms with Crippen LogP contribution in [0.25, 0.3) is 0 Å². The third kappa shape index (κ3) is 3.16. The lowest BCUT2D eigenvalue weighted by Crippen LogP contribution is -2.41. The molecule has 1 aliphatic rings. The van der Waals surface area contributed by atoms with Gasteiger partial charge in [-0.05, 0) is 33.2 Å². The van der Waals surface area contributed by atoms with Crippen LogP contribution >= 0.6 is 0 Å². The van der Waals surface area contributed by atoms with Crippen molar-refractivity contribution in [3.63, 3.8) is 0 Å². The smallest absolute Gasteiger partial charge is 0.267 e. The summed E-state index contributed by atoms with van der Waals surface area (Å²) in [5, 5.41) is 1.11. The Morgan fingerprint density at radius 2 is 2.22 bits per heavy atom. The van der Waals surface area contributed by atoms with Crippen LogP contribution < -0.4 is 11.5 Å². The van der Waals surface area contributed by atoms with E-state index in [1.54, 1.807) is 20.1 Å². The zero-order chi connectivity index (χ0) is 13.7. The Labute approximate surface area is 107 Å². The van der Waals surface area contributed by atoms with Crippen LogP contribution in [-0.2, 0) is 14.4 Å². The summed E-state index contributed by atoms with van der Waals surface area (Å²) in [6, 6.07) is -0.635.